The molecule has 1 N–H and O–H groups in total. The minimum absolute atomic E-state index is 0.191. The van der Waals surface area contributed by atoms with Crippen molar-refractivity contribution in [2.24, 2.45) is 5.92 Å². The van der Waals surface area contributed by atoms with Gasteiger partial charge in [-0.05, 0) is 30.5 Å². The molecule has 0 bridgehead atoms. The zero-order chi connectivity index (χ0) is 13.1. The minimum atomic E-state index is 0.191. The van der Waals surface area contributed by atoms with Gasteiger partial charge in [-0.3, -0.25) is 14.8 Å². The Morgan fingerprint density at radius 3 is 2.68 bits per heavy atom. The molecule has 1 amide bonds. The van der Waals surface area contributed by atoms with Gasteiger partial charge in [-0.25, -0.2) is 0 Å². The summed E-state index contributed by atoms with van der Waals surface area (Å²) in [6.45, 7) is 0.571. The van der Waals surface area contributed by atoms with Gasteiger partial charge in [-0.2, -0.15) is 0 Å². The molecule has 1 fully saturated rings. The summed E-state index contributed by atoms with van der Waals surface area (Å²) < 4.78 is 0. The van der Waals surface area contributed by atoms with E-state index in [1.807, 2.05) is 18.2 Å². The first kappa shape index (κ1) is 12.1. The number of hydrogen-bond donors (Lipinski definition) is 1. The molecule has 0 aliphatic heterocycles. The Bertz CT molecular complexity index is 591. The number of carbonyl (C=O) groups is 1. The Balaban J connectivity index is 1.66. The van der Waals surface area contributed by atoms with Crippen LogP contribution in [0.5, 0.6) is 0 Å². The fraction of sp³-hybridized carbons (Fsp3) is 0.400. The van der Waals surface area contributed by atoms with Crippen LogP contribution in [0.3, 0.4) is 0 Å². The second-order valence-electron chi connectivity index (χ2n) is 5.08. The Morgan fingerprint density at radius 1 is 1.16 bits per heavy atom. The van der Waals surface area contributed by atoms with Gasteiger partial charge in [-0.15, -0.1) is 0 Å². The van der Waals surface area contributed by atoms with Crippen LogP contribution in [0.25, 0.3) is 11.0 Å². The van der Waals surface area contributed by atoms with Gasteiger partial charge in [-0.1, -0.05) is 18.9 Å². The largest absolute Gasteiger partial charge is 0.352 e. The standard InChI is InChI=1S/C15H17N3O/c19-15(12-3-1-2-4-12)18-10-11-5-6-13-14(9-11)17-8-7-16-13/h5-9,12H,1-4,10H2,(H,18,19). The molecule has 1 aliphatic carbocycles. The summed E-state index contributed by atoms with van der Waals surface area (Å²) in [4.78, 5) is 20.4. The van der Waals surface area contributed by atoms with E-state index in [-0.39, 0.29) is 11.8 Å². The first-order chi connectivity index (χ1) is 9.33. The van der Waals surface area contributed by atoms with E-state index < -0.39 is 0 Å². The number of carbonyl (C=O) groups excluding carboxylic acids is 1. The lowest BCUT2D eigenvalue weighted by Gasteiger charge is -2.10. The van der Waals surface area contributed by atoms with E-state index in [0.717, 1.165) is 29.4 Å². The zero-order valence-corrected chi connectivity index (χ0v) is 10.8. The fourth-order valence-electron chi connectivity index (χ4n) is 2.64. The molecule has 1 aromatic heterocycles. The summed E-state index contributed by atoms with van der Waals surface area (Å²) >= 11 is 0. The quantitative estimate of drug-likeness (QED) is 0.916. The Hall–Kier alpha value is -1.97. The predicted octanol–water partition coefficient (Wildman–Crippen LogP) is 2.44. The van der Waals surface area contributed by atoms with Gasteiger partial charge in [0.05, 0.1) is 11.0 Å². The van der Waals surface area contributed by atoms with Crippen LogP contribution in [0, 0.1) is 5.92 Å². The molecule has 1 heterocycles. The lowest BCUT2D eigenvalue weighted by molar-refractivity contribution is -0.124. The number of rotatable bonds is 3. The Kier molecular flexibility index (Phi) is 3.40. The fourth-order valence-corrected chi connectivity index (χ4v) is 2.64. The number of amides is 1. The SMILES string of the molecule is O=C(NCc1ccc2nccnc2c1)C1CCCC1. The molecule has 4 nitrogen and oxygen atoms in total. The summed E-state index contributed by atoms with van der Waals surface area (Å²) in [5.41, 5.74) is 2.82. The third-order valence-corrected chi connectivity index (χ3v) is 3.73. The van der Waals surface area contributed by atoms with Crippen LogP contribution in [0.4, 0.5) is 0 Å². The normalized spacial score (nSPS) is 15.8. The van der Waals surface area contributed by atoms with Crippen molar-refractivity contribution in [1.29, 1.82) is 0 Å². The molecule has 1 aliphatic rings. The van der Waals surface area contributed by atoms with E-state index >= 15 is 0 Å². The molecule has 1 aromatic carbocycles. The molecular weight excluding hydrogens is 238 g/mol. The smallest absolute Gasteiger partial charge is 0.223 e. The van der Waals surface area contributed by atoms with E-state index in [4.69, 9.17) is 0 Å². The van der Waals surface area contributed by atoms with E-state index in [1.165, 1.54) is 12.8 Å². The van der Waals surface area contributed by atoms with Crippen molar-refractivity contribution in [1.82, 2.24) is 15.3 Å². The lowest BCUT2D eigenvalue weighted by atomic mass is 10.1. The molecule has 19 heavy (non-hydrogen) atoms. The van der Waals surface area contributed by atoms with Crippen molar-refractivity contribution in [3.05, 3.63) is 36.2 Å². The summed E-state index contributed by atoms with van der Waals surface area (Å²) in [7, 11) is 0. The van der Waals surface area contributed by atoms with Gasteiger partial charge >= 0.3 is 0 Å². The molecule has 3 rings (SSSR count). The number of hydrogen-bond acceptors (Lipinski definition) is 3. The molecule has 0 radical (unpaired) electrons. The predicted molar refractivity (Wildman–Crippen MR) is 73.3 cm³/mol. The second kappa shape index (κ2) is 5.34. The third-order valence-electron chi connectivity index (χ3n) is 3.73. The number of aromatic nitrogens is 2. The highest BCUT2D eigenvalue weighted by molar-refractivity contribution is 5.79. The Morgan fingerprint density at radius 2 is 1.89 bits per heavy atom. The van der Waals surface area contributed by atoms with Crippen LogP contribution < -0.4 is 5.32 Å². The van der Waals surface area contributed by atoms with E-state index in [1.54, 1.807) is 12.4 Å². The highest BCUT2D eigenvalue weighted by atomic mass is 16.1. The molecule has 1 saturated carbocycles. The summed E-state index contributed by atoms with van der Waals surface area (Å²) in [5.74, 6) is 0.414. The van der Waals surface area contributed by atoms with Gasteiger partial charge in [0.1, 0.15) is 0 Å². The molecule has 0 unspecified atom stereocenters. The first-order valence-corrected chi connectivity index (χ1v) is 6.80. The van der Waals surface area contributed by atoms with Gasteiger partial charge < -0.3 is 5.32 Å². The molecule has 0 saturated heterocycles. The number of benzene rings is 1. The van der Waals surface area contributed by atoms with Crippen molar-refractivity contribution >= 4 is 16.9 Å². The molecule has 0 atom stereocenters. The van der Waals surface area contributed by atoms with Gasteiger partial charge in [0.15, 0.2) is 0 Å². The average Bonchev–Trinajstić information content (AvgIpc) is 2.99. The minimum Gasteiger partial charge on any atom is -0.352 e. The zero-order valence-electron chi connectivity index (χ0n) is 10.8. The first-order valence-electron chi connectivity index (χ1n) is 6.80. The molecule has 4 heteroatoms. The van der Waals surface area contributed by atoms with Gasteiger partial charge in [0.2, 0.25) is 5.91 Å². The van der Waals surface area contributed by atoms with Crippen LogP contribution in [0.15, 0.2) is 30.6 Å². The van der Waals surface area contributed by atoms with Crippen LogP contribution >= 0.6 is 0 Å². The second-order valence-corrected chi connectivity index (χ2v) is 5.08. The van der Waals surface area contributed by atoms with Crippen molar-refractivity contribution in [2.75, 3.05) is 0 Å². The summed E-state index contributed by atoms with van der Waals surface area (Å²) in [6.07, 6.45) is 7.81. The van der Waals surface area contributed by atoms with Crippen LogP contribution in [0.2, 0.25) is 0 Å². The van der Waals surface area contributed by atoms with Crippen LogP contribution in [-0.2, 0) is 11.3 Å². The summed E-state index contributed by atoms with van der Waals surface area (Å²) in [6, 6.07) is 5.92. The monoisotopic (exact) mass is 255 g/mol. The molecular formula is C15H17N3O. The average molecular weight is 255 g/mol. The van der Waals surface area contributed by atoms with Crippen molar-refractivity contribution in [3.63, 3.8) is 0 Å². The third kappa shape index (κ3) is 2.72. The van der Waals surface area contributed by atoms with Crippen molar-refractivity contribution < 1.29 is 4.79 Å². The molecule has 98 valence electrons. The number of nitrogens with one attached hydrogen (secondary N) is 1. The van der Waals surface area contributed by atoms with Crippen molar-refractivity contribution in [3.8, 4) is 0 Å². The summed E-state index contributed by atoms with van der Waals surface area (Å²) in [5, 5.41) is 3.02. The highest BCUT2D eigenvalue weighted by Gasteiger charge is 2.22. The van der Waals surface area contributed by atoms with Crippen LogP contribution in [-0.4, -0.2) is 15.9 Å². The van der Waals surface area contributed by atoms with E-state index in [9.17, 15) is 4.79 Å². The number of fused-ring (bicyclic) bond motifs is 1. The Labute approximate surface area is 112 Å². The highest BCUT2D eigenvalue weighted by Crippen LogP contribution is 2.24. The van der Waals surface area contributed by atoms with E-state index in [0.29, 0.717) is 6.54 Å². The topological polar surface area (TPSA) is 54.9 Å². The lowest BCUT2D eigenvalue weighted by Crippen LogP contribution is -2.28. The van der Waals surface area contributed by atoms with Crippen molar-refractivity contribution in [2.45, 2.75) is 32.2 Å². The molecule has 0 spiro atoms. The van der Waals surface area contributed by atoms with Gasteiger partial charge in [0, 0.05) is 24.9 Å². The van der Waals surface area contributed by atoms with Crippen LogP contribution in [0.1, 0.15) is 31.2 Å². The maximum absolute atomic E-state index is 11.9. The van der Waals surface area contributed by atoms with Gasteiger partial charge in [0.25, 0.3) is 0 Å². The maximum atomic E-state index is 11.9. The maximum Gasteiger partial charge on any atom is 0.223 e. The number of nitrogens with zero attached hydrogens (tertiary/aromatic N) is 2. The molecule has 2 aromatic rings. The van der Waals surface area contributed by atoms with E-state index in [2.05, 4.69) is 15.3 Å².